The standard InChI is InChI=1S/C48H68N6O6/c1-7-13-16-34(10-4)31-48(32-35(11-5)17-14-8-2)51-46(49-40-25-19-37(20-26-40)43(55)56)50-47(54(48)52-41-27-21-38(22-28-41)44(57)58)53(33-36(12-6)18-15-9-3)42-29-23-39(24-30-42)45(59)60/h19-30,34-36,52H,7-18,31-33H2,1-6H3,(H,49,51)(H,55,56)(H,57,58)(H,59,60). The van der Waals surface area contributed by atoms with Crippen LogP contribution in [0.15, 0.2) is 82.8 Å². The molecule has 3 unspecified atom stereocenters. The Bertz CT molecular complexity index is 1860. The van der Waals surface area contributed by atoms with E-state index in [0.29, 0.717) is 54.5 Å². The Morgan fingerprint density at radius 3 is 1.45 bits per heavy atom. The molecule has 4 rings (SSSR count). The molecule has 1 aliphatic rings. The van der Waals surface area contributed by atoms with Gasteiger partial charge in [-0.1, -0.05) is 112 Å². The average Bonchev–Trinajstić information content (AvgIpc) is 3.25. The summed E-state index contributed by atoms with van der Waals surface area (Å²) in [4.78, 5) is 49.0. The summed E-state index contributed by atoms with van der Waals surface area (Å²) in [5.74, 6) is -1.18. The van der Waals surface area contributed by atoms with Crippen LogP contribution in [0.3, 0.4) is 0 Å². The molecule has 12 heteroatoms. The number of hydrogen-bond acceptors (Lipinski definition) is 9. The van der Waals surface area contributed by atoms with Crippen molar-refractivity contribution in [1.82, 2.24) is 5.01 Å². The van der Waals surface area contributed by atoms with Gasteiger partial charge in [-0.2, -0.15) is 4.99 Å². The lowest BCUT2D eigenvalue weighted by molar-refractivity contribution is 0.0686. The van der Waals surface area contributed by atoms with E-state index >= 15 is 0 Å². The van der Waals surface area contributed by atoms with Crippen molar-refractivity contribution in [2.45, 2.75) is 137 Å². The summed E-state index contributed by atoms with van der Waals surface area (Å²) in [7, 11) is 0. The number of benzene rings is 3. The number of nitrogens with one attached hydrogen (secondary N) is 2. The lowest BCUT2D eigenvalue weighted by Crippen LogP contribution is -2.63. The smallest absolute Gasteiger partial charge is 0.335 e. The van der Waals surface area contributed by atoms with Crippen molar-refractivity contribution in [2.75, 3.05) is 22.2 Å². The molecule has 1 heterocycles. The molecule has 0 saturated carbocycles. The Balaban J connectivity index is 2.08. The monoisotopic (exact) mass is 825 g/mol. The van der Waals surface area contributed by atoms with Gasteiger partial charge < -0.3 is 25.5 Å². The molecular formula is C48H68N6O6. The Kier molecular flexibility index (Phi) is 18.5. The third-order valence-corrected chi connectivity index (χ3v) is 11.9. The maximum atomic E-state index is 12.1. The van der Waals surface area contributed by atoms with Crippen LogP contribution in [0.25, 0.3) is 0 Å². The number of unbranched alkanes of at least 4 members (excludes halogenated alkanes) is 3. The van der Waals surface area contributed by atoms with Gasteiger partial charge in [0, 0.05) is 17.9 Å². The van der Waals surface area contributed by atoms with E-state index in [0.717, 1.165) is 82.7 Å². The molecule has 0 aliphatic carbocycles. The summed E-state index contributed by atoms with van der Waals surface area (Å²) in [6, 6.07) is 20.3. The summed E-state index contributed by atoms with van der Waals surface area (Å²) in [6.45, 7) is 13.9. The molecule has 0 spiro atoms. The third-order valence-electron chi connectivity index (χ3n) is 11.9. The first-order valence-electron chi connectivity index (χ1n) is 22.2. The summed E-state index contributed by atoms with van der Waals surface area (Å²) in [5, 5.41) is 34.9. The first kappa shape index (κ1) is 47.3. The molecule has 0 aromatic heterocycles. The van der Waals surface area contributed by atoms with Crippen molar-refractivity contribution in [3.05, 3.63) is 89.5 Å². The van der Waals surface area contributed by atoms with Crippen LogP contribution in [-0.4, -0.2) is 62.4 Å². The fourth-order valence-corrected chi connectivity index (χ4v) is 8.07. The number of hydrazine groups is 1. The second kappa shape index (κ2) is 23.4. The van der Waals surface area contributed by atoms with E-state index in [2.05, 4.69) is 62.2 Å². The van der Waals surface area contributed by atoms with Crippen molar-refractivity contribution < 1.29 is 29.7 Å². The first-order valence-corrected chi connectivity index (χ1v) is 22.2. The number of nitrogens with zero attached hydrogens (tertiary/aromatic N) is 4. The third kappa shape index (κ3) is 13.1. The highest BCUT2D eigenvalue weighted by Gasteiger charge is 2.47. The van der Waals surface area contributed by atoms with Crippen molar-refractivity contribution >= 4 is 46.9 Å². The lowest BCUT2D eigenvalue weighted by atomic mass is 9.81. The van der Waals surface area contributed by atoms with Crippen molar-refractivity contribution in [3.8, 4) is 0 Å². The average molecular weight is 825 g/mol. The highest BCUT2D eigenvalue weighted by Crippen LogP contribution is 2.41. The largest absolute Gasteiger partial charge is 0.478 e. The number of anilines is 3. The zero-order valence-electron chi connectivity index (χ0n) is 36.6. The SMILES string of the molecule is CCCCC(CC)CN(C1=NC(Nc2ccc(C(=O)O)cc2)=NC(CC(CC)CCCC)(CC(CC)CCCC)N1Nc1ccc(C(=O)O)cc1)c1ccc(C(=O)O)cc1. The van der Waals surface area contributed by atoms with E-state index < -0.39 is 23.6 Å². The topological polar surface area (TPSA) is 167 Å². The molecular weight excluding hydrogens is 757 g/mol. The van der Waals surface area contributed by atoms with Gasteiger partial charge in [-0.05, 0) is 110 Å². The van der Waals surface area contributed by atoms with Crippen molar-refractivity contribution in [3.63, 3.8) is 0 Å². The Hall–Kier alpha value is -5.39. The van der Waals surface area contributed by atoms with Crippen LogP contribution >= 0.6 is 0 Å². The molecule has 0 fully saturated rings. The van der Waals surface area contributed by atoms with Crippen LogP contribution < -0.4 is 15.6 Å². The molecule has 3 atom stereocenters. The molecule has 326 valence electrons. The minimum absolute atomic E-state index is 0.172. The fraction of sp³-hybridized carbons (Fsp3) is 0.521. The van der Waals surface area contributed by atoms with Crippen LogP contribution in [0.1, 0.15) is 163 Å². The highest BCUT2D eigenvalue weighted by atomic mass is 16.4. The summed E-state index contributed by atoms with van der Waals surface area (Å²) in [5.41, 5.74) is 5.48. The van der Waals surface area contributed by atoms with E-state index in [4.69, 9.17) is 9.98 Å². The number of aromatic carboxylic acids is 3. The number of guanidine groups is 2. The Labute approximate surface area is 357 Å². The maximum Gasteiger partial charge on any atom is 0.335 e. The molecule has 0 saturated heterocycles. The normalized spacial score (nSPS) is 16.6. The predicted molar refractivity (Wildman–Crippen MR) is 243 cm³/mol. The first-order chi connectivity index (χ1) is 28.9. The molecule has 0 bridgehead atoms. The van der Waals surface area contributed by atoms with E-state index in [1.165, 1.54) is 0 Å². The fourth-order valence-electron chi connectivity index (χ4n) is 8.07. The van der Waals surface area contributed by atoms with Crippen molar-refractivity contribution in [2.24, 2.45) is 27.7 Å². The van der Waals surface area contributed by atoms with Gasteiger partial charge >= 0.3 is 17.9 Å². The van der Waals surface area contributed by atoms with Gasteiger partial charge in [-0.25, -0.2) is 24.4 Å². The van der Waals surface area contributed by atoms with Gasteiger partial charge in [-0.3, -0.25) is 5.43 Å². The number of carbonyl (C=O) groups is 3. The minimum Gasteiger partial charge on any atom is -0.478 e. The van der Waals surface area contributed by atoms with Crippen LogP contribution in [0.4, 0.5) is 17.1 Å². The number of carboxylic acids is 3. The lowest BCUT2D eigenvalue weighted by Gasteiger charge is -2.50. The van der Waals surface area contributed by atoms with Crippen LogP contribution in [-0.2, 0) is 0 Å². The molecule has 3 aromatic carbocycles. The Morgan fingerprint density at radius 2 is 1.03 bits per heavy atom. The molecule has 1 aliphatic heterocycles. The molecule has 5 N–H and O–H groups in total. The summed E-state index contributed by atoms with van der Waals surface area (Å²) >= 11 is 0. The highest BCUT2D eigenvalue weighted by molar-refractivity contribution is 6.10. The summed E-state index contributed by atoms with van der Waals surface area (Å²) < 4.78 is 0. The second-order valence-electron chi connectivity index (χ2n) is 16.3. The van der Waals surface area contributed by atoms with Gasteiger partial charge in [0.15, 0.2) is 5.66 Å². The van der Waals surface area contributed by atoms with E-state index in [-0.39, 0.29) is 22.6 Å². The summed E-state index contributed by atoms with van der Waals surface area (Å²) in [6.07, 6.45) is 13.7. The Morgan fingerprint density at radius 1 is 0.617 bits per heavy atom. The molecule has 3 aromatic rings. The van der Waals surface area contributed by atoms with Gasteiger partial charge in [0.25, 0.3) is 0 Å². The molecule has 0 radical (unpaired) electrons. The number of rotatable bonds is 25. The quantitative estimate of drug-likeness (QED) is 0.0555. The van der Waals surface area contributed by atoms with Gasteiger partial charge in [0.2, 0.25) is 11.9 Å². The number of aliphatic imine (C=N–C) groups is 2. The predicted octanol–water partition coefficient (Wildman–Crippen LogP) is 11.9. The molecule has 60 heavy (non-hydrogen) atoms. The second-order valence-corrected chi connectivity index (χ2v) is 16.3. The van der Waals surface area contributed by atoms with Gasteiger partial charge in [-0.15, -0.1) is 0 Å². The van der Waals surface area contributed by atoms with Crippen LogP contribution in [0, 0.1) is 17.8 Å². The van der Waals surface area contributed by atoms with E-state index in [1.54, 1.807) is 60.7 Å². The number of hydrogen-bond donors (Lipinski definition) is 5. The minimum atomic E-state index is -1.01. The van der Waals surface area contributed by atoms with Gasteiger partial charge in [0.05, 0.1) is 22.4 Å². The van der Waals surface area contributed by atoms with Crippen LogP contribution in [0.5, 0.6) is 0 Å². The van der Waals surface area contributed by atoms with Crippen molar-refractivity contribution in [1.29, 1.82) is 0 Å². The molecule has 0 amide bonds. The van der Waals surface area contributed by atoms with E-state index in [1.807, 2.05) is 12.1 Å². The number of carboxylic acid groups (broad SMARTS) is 3. The zero-order valence-corrected chi connectivity index (χ0v) is 36.6. The zero-order chi connectivity index (χ0) is 43.7. The molecule has 12 nitrogen and oxygen atoms in total. The van der Waals surface area contributed by atoms with Gasteiger partial charge in [0.1, 0.15) is 0 Å². The maximum absolute atomic E-state index is 12.1. The van der Waals surface area contributed by atoms with Crippen LogP contribution in [0.2, 0.25) is 0 Å². The van der Waals surface area contributed by atoms with E-state index in [9.17, 15) is 29.7 Å².